The first-order chi connectivity index (χ1) is 8.81. The number of nitrogens with zero attached hydrogens (tertiary/aromatic N) is 2. The Labute approximate surface area is 115 Å². The number of nitrogens with one attached hydrogen (secondary N) is 2. The lowest BCUT2D eigenvalue weighted by Gasteiger charge is -2.09. The molecule has 2 N–H and O–H groups in total. The first-order valence-corrected chi connectivity index (χ1v) is 7.94. The molecule has 0 aliphatic heterocycles. The minimum absolute atomic E-state index is 0.772. The number of rotatable bonds is 6. The summed E-state index contributed by atoms with van der Waals surface area (Å²) in [5.74, 6) is 1.69. The van der Waals surface area contributed by atoms with Gasteiger partial charge in [-0.15, -0.1) is 0 Å². The molecule has 0 saturated carbocycles. The van der Waals surface area contributed by atoms with E-state index in [4.69, 9.17) is 0 Å². The summed E-state index contributed by atoms with van der Waals surface area (Å²) in [5.41, 5.74) is 1.06. The van der Waals surface area contributed by atoms with Gasteiger partial charge in [0.2, 0.25) is 0 Å². The van der Waals surface area contributed by atoms with Gasteiger partial charge in [-0.2, -0.15) is 11.3 Å². The average Bonchev–Trinajstić information content (AvgIpc) is 2.89. The summed E-state index contributed by atoms with van der Waals surface area (Å²) < 4.78 is 0. The Morgan fingerprint density at radius 1 is 1.33 bits per heavy atom. The van der Waals surface area contributed by atoms with Gasteiger partial charge in [0.1, 0.15) is 11.6 Å². The van der Waals surface area contributed by atoms with E-state index in [2.05, 4.69) is 32.9 Å². The highest BCUT2D eigenvalue weighted by atomic mass is 32.2. The summed E-state index contributed by atoms with van der Waals surface area (Å²) in [6.07, 6.45) is 3.05. The number of hydrogen-bond acceptors (Lipinski definition) is 6. The zero-order valence-corrected chi connectivity index (χ0v) is 12.1. The van der Waals surface area contributed by atoms with Crippen molar-refractivity contribution < 1.29 is 0 Å². The molecule has 96 valence electrons. The van der Waals surface area contributed by atoms with Crippen LogP contribution in [0.25, 0.3) is 0 Å². The van der Waals surface area contributed by atoms with Crippen LogP contribution < -0.4 is 10.6 Å². The van der Waals surface area contributed by atoms with Gasteiger partial charge in [-0.1, -0.05) is 18.7 Å². The van der Waals surface area contributed by atoms with Crippen molar-refractivity contribution in [1.82, 2.24) is 9.97 Å². The molecular formula is C12H16N4S2. The molecule has 0 spiro atoms. The summed E-state index contributed by atoms with van der Waals surface area (Å²) >= 11 is 3.20. The fourth-order valence-corrected chi connectivity index (χ4v) is 2.37. The topological polar surface area (TPSA) is 49.8 Å². The molecule has 0 atom stereocenters. The number of aromatic nitrogens is 2. The van der Waals surface area contributed by atoms with Crippen LogP contribution >= 0.6 is 23.1 Å². The number of hydrogen-bond donors (Lipinski definition) is 2. The Balaban J connectivity index is 2.17. The fourth-order valence-electron chi connectivity index (χ4n) is 1.41. The largest absolute Gasteiger partial charge is 0.370 e. The standard InChI is InChI=1S/C12H16N4S2/c1-3-5-13-10-7-11(16-12(15-10)17-2)14-9-4-6-18-8-9/h4,6-8H,3,5H2,1-2H3,(H2,13,14,15,16). The van der Waals surface area contributed by atoms with E-state index in [1.807, 2.05) is 23.8 Å². The summed E-state index contributed by atoms with van der Waals surface area (Å²) in [4.78, 5) is 8.86. The van der Waals surface area contributed by atoms with Crippen LogP contribution in [-0.2, 0) is 0 Å². The fraction of sp³-hybridized carbons (Fsp3) is 0.333. The molecule has 0 saturated heterocycles. The molecule has 18 heavy (non-hydrogen) atoms. The maximum absolute atomic E-state index is 4.44. The van der Waals surface area contributed by atoms with Gasteiger partial charge in [-0.25, -0.2) is 9.97 Å². The molecule has 6 heteroatoms. The molecule has 0 aliphatic rings. The van der Waals surface area contributed by atoms with Crippen molar-refractivity contribution in [2.24, 2.45) is 0 Å². The highest BCUT2D eigenvalue weighted by molar-refractivity contribution is 7.98. The van der Waals surface area contributed by atoms with Gasteiger partial charge in [0, 0.05) is 18.0 Å². The van der Waals surface area contributed by atoms with Crippen LogP contribution in [0.5, 0.6) is 0 Å². The molecule has 0 radical (unpaired) electrons. The third kappa shape index (κ3) is 3.61. The van der Waals surface area contributed by atoms with E-state index in [-0.39, 0.29) is 0 Å². The Bertz CT molecular complexity index is 485. The van der Waals surface area contributed by atoms with E-state index in [9.17, 15) is 0 Å². The smallest absolute Gasteiger partial charge is 0.191 e. The maximum Gasteiger partial charge on any atom is 0.191 e. The zero-order valence-electron chi connectivity index (χ0n) is 10.4. The minimum Gasteiger partial charge on any atom is -0.370 e. The Morgan fingerprint density at radius 3 is 2.83 bits per heavy atom. The maximum atomic E-state index is 4.44. The molecule has 2 heterocycles. The van der Waals surface area contributed by atoms with E-state index in [0.717, 1.165) is 35.4 Å². The van der Waals surface area contributed by atoms with E-state index in [1.165, 1.54) is 0 Å². The van der Waals surface area contributed by atoms with Gasteiger partial charge in [-0.3, -0.25) is 0 Å². The Kier molecular flexibility index (Phi) is 4.83. The molecular weight excluding hydrogens is 264 g/mol. The Morgan fingerprint density at radius 2 is 2.17 bits per heavy atom. The van der Waals surface area contributed by atoms with E-state index >= 15 is 0 Å². The van der Waals surface area contributed by atoms with E-state index in [0.29, 0.717) is 0 Å². The molecule has 2 aromatic rings. The molecule has 4 nitrogen and oxygen atoms in total. The third-order valence-corrected chi connectivity index (χ3v) is 3.47. The van der Waals surface area contributed by atoms with Crippen molar-refractivity contribution in [3.8, 4) is 0 Å². The highest BCUT2D eigenvalue weighted by Crippen LogP contribution is 2.22. The second-order valence-corrected chi connectivity index (χ2v) is 5.24. The van der Waals surface area contributed by atoms with Crippen molar-refractivity contribution in [3.05, 3.63) is 22.9 Å². The van der Waals surface area contributed by atoms with Gasteiger partial charge >= 0.3 is 0 Å². The predicted molar refractivity (Wildman–Crippen MR) is 80.2 cm³/mol. The second kappa shape index (κ2) is 6.61. The number of thiophene rings is 1. The SMILES string of the molecule is CCCNc1cc(Nc2ccsc2)nc(SC)n1. The van der Waals surface area contributed by atoms with Gasteiger partial charge in [0.15, 0.2) is 5.16 Å². The molecule has 0 aliphatic carbocycles. The lowest BCUT2D eigenvalue weighted by Crippen LogP contribution is -2.05. The predicted octanol–water partition coefficient (Wildman–Crippen LogP) is 3.83. The summed E-state index contributed by atoms with van der Waals surface area (Å²) in [6, 6.07) is 3.97. The summed E-state index contributed by atoms with van der Waals surface area (Å²) in [5, 5.41) is 11.4. The van der Waals surface area contributed by atoms with Crippen molar-refractivity contribution in [2.75, 3.05) is 23.4 Å². The van der Waals surface area contributed by atoms with Crippen LogP contribution in [0.15, 0.2) is 28.0 Å². The van der Waals surface area contributed by atoms with Crippen molar-refractivity contribution in [2.45, 2.75) is 18.5 Å². The first kappa shape index (κ1) is 13.2. The van der Waals surface area contributed by atoms with Crippen molar-refractivity contribution >= 4 is 40.4 Å². The molecule has 0 bridgehead atoms. The molecule has 0 amide bonds. The van der Waals surface area contributed by atoms with E-state index in [1.54, 1.807) is 23.1 Å². The minimum atomic E-state index is 0.772. The summed E-state index contributed by atoms with van der Waals surface area (Å²) in [7, 11) is 0. The van der Waals surface area contributed by atoms with Crippen molar-refractivity contribution in [1.29, 1.82) is 0 Å². The van der Waals surface area contributed by atoms with Crippen LogP contribution in [0.4, 0.5) is 17.3 Å². The number of anilines is 3. The second-order valence-electron chi connectivity index (χ2n) is 3.69. The molecule has 2 aromatic heterocycles. The Hall–Kier alpha value is -1.27. The van der Waals surface area contributed by atoms with Crippen LogP contribution in [0.3, 0.4) is 0 Å². The average molecular weight is 280 g/mol. The van der Waals surface area contributed by atoms with Crippen molar-refractivity contribution in [3.63, 3.8) is 0 Å². The monoisotopic (exact) mass is 280 g/mol. The lowest BCUT2D eigenvalue weighted by atomic mass is 10.4. The number of thioether (sulfide) groups is 1. The van der Waals surface area contributed by atoms with Crippen LogP contribution in [-0.4, -0.2) is 22.8 Å². The molecule has 0 fully saturated rings. The molecule has 0 unspecified atom stereocenters. The highest BCUT2D eigenvalue weighted by Gasteiger charge is 2.04. The first-order valence-electron chi connectivity index (χ1n) is 5.78. The van der Waals surface area contributed by atoms with E-state index < -0.39 is 0 Å². The summed E-state index contributed by atoms with van der Waals surface area (Å²) in [6.45, 7) is 3.05. The van der Waals surface area contributed by atoms with Crippen LogP contribution in [0.2, 0.25) is 0 Å². The molecule has 2 rings (SSSR count). The third-order valence-electron chi connectivity index (χ3n) is 2.24. The van der Waals surface area contributed by atoms with Crippen LogP contribution in [0.1, 0.15) is 13.3 Å². The molecule has 0 aromatic carbocycles. The van der Waals surface area contributed by atoms with Gasteiger partial charge in [-0.05, 0) is 24.1 Å². The van der Waals surface area contributed by atoms with Gasteiger partial charge in [0.25, 0.3) is 0 Å². The van der Waals surface area contributed by atoms with Gasteiger partial charge < -0.3 is 10.6 Å². The normalized spacial score (nSPS) is 10.3. The zero-order chi connectivity index (χ0) is 12.8. The van der Waals surface area contributed by atoms with Crippen LogP contribution in [0, 0.1) is 0 Å². The lowest BCUT2D eigenvalue weighted by molar-refractivity contribution is 0.929. The quantitative estimate of drug-likeness (QED) is 0.622. The van der Waals surface area contributed by atoms with Gasteiger partial charge in [0.05, 0.1) is 5.69 Å².